The van der Waals surface area contributed by atoms with Gasteiger partial charge < -0.3 is 5.32 Å². The first-order valence-electron chi connectivity index (χ1n) is 11.8. The molecule has 2 N–H and O–H groups in total. The Kier molecular flexibility index (Phi) is 7.03. The lowest BCUT2D eigenvalue weighted by atomic mass is 9.99. The van der Waals surface area contributed by atoms with Crippen molar-refractivity contribution in [2.24, 2.45) is 0 Å². The number of hydrogen-bond acceptors (Lipinski definition) is 5. The third-order valence-electron chi connectivity index (χ3n) is 5.97. The maximum atomic E-state index is 14.0. The van der Waals surface area contributed by atoms with Crippen molar-refractivity contribution in [2.75, 3.05) is 11.6 Å². The van der Waals surface area contributed by atoms with Crippen LogP contribution in [0.3, 0.4) is 0 Å². The zero-order chi connectivity index (χ0) is 28.5. The first-order valence-corrected chi connectivity index (χ1v) is 11.8. The van der Waals surface area contributed by atoms with Crippen molar-refractivity contribution in [1.29, 1.82) is 0 Å². The van der Waals surface area contributed by atoms with Gasteiger partial charge in [-0.3, -0.25) is 4.79 Å². The lowest BCUT2D eigenvalue weighted by Gasteiger charge is -2.26. The average Bonchev–Trinajstić information content (AvgIpc) is 3.40. The number of rotatable bonds is 5. The molecule has 0 atom stereocenters. The van der Waals surface area contributed by atoms with Crippen LogP contribution in [0.2, 0.25) is 0 Å². The van der Waals surface area contributed by atoms with Gasteiger partial charge in [-0.1, -0.05) is 60.7 Å². The van der Waals surface area contributed by atoms with Crippen LogP contribution in [0.1, 0.15) is 21.7 Å². The van der Waals surface area contributed by atoms with E-state index in [2.05, 4.69) is 20.7 Å². The number of benzene rings is 3. The highest BCUT2D eigenvalue weighted by molar-refractivity contribution is 5.96. The minimum atomic E-state index is -4.89. The van der Waals surface area contributed by atoms with Crippen molar-refractivity contribution >= 4 is 11.7 Å². The van der Waals surface area contributed by atoms with Gasteiger partial charge in [-0.2, -0.15) is 26.3 Å². The standard InChI is InChI=1S/C28H19F6N5O/c29-27(30,31)20-13-11-19(12-14-20)25(40)36-21-15-16-35-39(21)24-22(17-7-3-1-4-8-17)23(18-9-5-2-6-10-18)37-26(38-24)28(32,33)34/h1-15,35H,16H2,(H,36,40). The lowest BCUT2D eigenvalue weighted by molar-refractivity contribution is -0.144. The molecule has 6 nitrogen and oxygen atoms in total. The fourth-order valence-electron chi connectivity index (χ4n) is 4.12. The number of anilines is 1. The average molecular weight is 555 g/mol. The first kappa shape index (κ1) is 26.9. The van der Waals surface area contributed by atoms with E-state index in [0.717, 1.165) is 24.3 Å². The highest BCUT2D eigenvalue weighted by atomic mass is 19.4. The minimum Gasteiger partial charge on any atom is -0.307 e. The Morgan fingerprint density at radius 1 is 0.775 bits per heavy atom. The molecule has 0 saturated heterocycles. The molecule has 0 fully saturated rings. The number of alkyl halides is 6. The third-order valence-corrected chi connectivity index (χ3v) is 5.97. The second-order valence-corrected chi connectivity index (χ2v) is 8.64. The monoisotopic (exact) mass is 555 g/mol. The molecule has 5 rings (SSSR count). The number of carbonyl (C=O) groups excluding carboxylic acids is 1. The Morgan fingerprint density at radius 2 is 1.38 bits per heavy atom. The van der Waals surface area contributed by atoms with Crippen molar-refractivity contribution < 1.29 is 31.1 Å². The first-order chi connectivity index (χ1) is 19.0. The quantitative estimate of drug-likeness (QED) is 0.277. The van der Waals surface area contributed by atoms with E-state index >= 15 is 0 Å². The maximum absolute atomic E-state index is 14.0. The summed E-state index contributed by atoms with van der Waals surface area (Å²) in [6.07, 6.45) is -7.95. The maximum Gasteiger partial charge on any atom is 0.451 e. The van der Waals surface area contributed by atoms with Gasteiger partial charge in [0.2, 0.25) is 5.82 Å². The van der Waals surface area contributed by atoms with Crippen LogP contribution in [-0.2, 0) is 12.4 Å². The van der Waals surface area contributed by atoms with Gasteiger partial charge in [0.25, 0.3) is 5.91 Å². The normalized spacial score (nSPS) is 13.8. The molecule has 4 aromatic rings. The summed E-state index contributed by atoms with van der Waals surface area (Å²) in [5, 5.41) is 3.76. The largest absolute Gasteiger partial charge is 0.451 e. The molecule has 0 saturated carbocycles. The molecular formula is C28H19F6N5O. The van der Waals surface area contributed by atoms with Gasteiger partial charge in [0.05, 0.1) is 16.8 Å². The van der Waals surface area contributed by atoms with Crippen LogP contribution in [-0.4, -0.2) is 22.4 Å². The summed E-state index contributed by atoms with van der Waals surface area (Å²) in [6, 6.07) is 20.5. The van der Waals surface area contributed by atoms with Gasteiger partial charge >= 0.3 is 12.4 Å². The molecule has 0 radical (unpaired) electrons. The van der Waals surface area contributed by atoms with Gasteiger partial charge in [0.1, 0.15) is 5.82 Å². The minimum absolute atomic E-state index is 0.0197. The van der Waals surface area contributed by atoms with E-state index in [0.29, 0.717) is 11.1 Å². The van der Waals surface area contributed by atoms with Crippen molar-refractivity contribution in [3.05, 3.63) is 114 Å². The molecule has 2 heterocycles. The summed E-state index contributed by atoms with van der Waals surface area (Å²) in [6.45, 7) is 0.128. The number of carbonyl (C=O) groups is 1. The van der Waals surface area contributed by atoms with Gasteiger partial charge in [-0.15, -0.1) is 0 Å². The summed E-state index contributed by atoms with van der Waals surface area (Å²) in [7, 11) is 0. The summed E-state index contributed by atoms with van der Waals surface area (Å²) in [4.78, 5) is 20.7. The van der Waals surface area contributed by atoms with Crippen molar-refractivity contribution in [2.45, 2.75) is 12.4 Å². The van der Waals surface area contributed by atoms with Crippen LogP contribution in [0.15, 0.2) is 96.8 Å². The van der Waals surface area contributed by atoms with Crippen LogP contribution in [0.4, 0.5) is 32.2 Å². The van der Waals surface area contributed by atoms with Crippen LogP contribution in [0, 0.1) is 0 Å². The summed E-state index contributed by atoms with van der Waals surface area (Å²) in [5.74, 6) is -2.27. The molecule has 0 bridgehead atoms. The van der Waals surface area contributed by atoms with Crippen LogP contribution in [0.5, 0.6) is 0 Å². The van der Waals surface area contributed by atoms with E-state index in [4.69, 9.17) is 0 Å². The number of amides is 1. The van der Waals surface area contributed by atoms with Gasteiger partial charge in [-0.25, -0.2) is 20.4 Å². The zero-order valence-corrected chi connectivity index (χ0v) is 20.4. The summed E-state index contributed by atoms with van der Waals surface area (Å²) >= 11 is 0. The predicted octanol–water partition coefficient (Wildman–Crippen LogP) is 6.44. The molecule has 1 amide bonds. The molecule has 1 aliphatic rings. The second-order valence-electron chi connectivity index (χ2n) is 8.64. The topological polar surface area (TPSA) is 70.2 Å². The SMILES string of the molecule is O=C(NC1=CCNN1c1nc(C(F)(F)F)nc(-c2ccccc2)c1-c1ccccc1)c1ccc(C(F)(F)F)cc1. The van der Waals surface area contributed by atoms with Gasteiger partial charge in [-0.05, 0) is 35.9 Å². The number of nitrogens with one attached hydrogen (secondary N) is 2. The number of hydrazine groups is 1. The molecule has 40 heavy (non-hydrogen) atoms. The Labute approximate surface area is 224 Å². The van der Waals surface area contributed by atoms with E-state index < -0.39 is 29.6 Å². The molecular weight excluding hydrogens is 536 g/mol. The highest BCUT2D eigenvalue weighted by Crippen LogP contribution is 2.41. The number of nitrogens with zero attached hydrogens (tertiary/aromatic N) is 3. The molecule has 0 unspecified atom stereocenters. The van der Waals surface area contributed by atoms with E-state index in [1.165, 1.54) is 11.1 Å². The van der Waals surface area contributed by atoms with Crippen LogP contribution < -0.4 is 15.8 Å². The predicted molar refractivity (Wildman–Crippen MR) is 135 cm³/mol. The smallest absolute Gasteiger partial charge is 0.307 e. The Morgan fingerprint density at radius 3 is 1.95 bits per heavy atom. The number of hydrogen-bond donors (Lipinski definition) is 2. The van der Waals surface area contributed by atoms with Crippen molar-refractivity contribution in [3.8, 4) is 22.4 Å². The highest BCUT2D eigenvalue weighted by Gasteiger charge is 2.38. The van der Waals surface area contributed by atoms with Crippen LogP contribution >= 0.6 is 0 Å². The Balaban J connectivity index is 1.60. The van der Waals surface area contributed by atoms with Gasteiger partial charge in [0, 0.05) is 17.7 Å². The molecule has 204 valence electrons. The van der Waals surface area contributed by atoms with Crippen molar-refractivity contribution in [1.82, 2.24) is 20.7 Å². The van der Waals surface area contributed by atoms with E-state index in [1.807, 2.05) is 0 Å². The summed E-state index contributed by atoms with van der Waals surface area (Å²) < 4.78 is 80.8. The Bertz CT molecular complexity index is 1550. The van der Waals surface area contributed by atoms with E-state index in [9.17, 15) is 31.1 Å². The molecule has 3 aromatic carbocycles. The lowest BCUT2D eigenvalue weighted by Crippen LogP contribution is -2.40. The summed E-state index contributed by atoms with van der Waals surface area (Å²) in [5.41, 5.74) is 3.12. The molecule has 1 aliphatic heterocycles. The number of aromatic nitrogens is 2. The molecule has 0 aliphatic carbocycles. The Hall–Kier alpha value is -4.71. The van der Waals surface area contributed by atoms with E-state index in [1.54, 1.807) is 60.7 Å². The molecule has 12 heteroatoms. The molecule has 1 aromatic heterocycles. The zero-order valence-electron chi connectivity index (χ0n) is 20.4. The fourth-order valence-corrected chi connectivity index (χ4v) is 4.12. The number of halogens is 6. The third kappa shape index (κ3) is 5.52. The van der Waals surface area contributed by atoms with Crippen LogP contribution in [0.25, 0.3) is 22.4 Å². The van der Waals surface area contributed by atoms with Gasteiger partial charge in [0.15, 0.2) is 5.82 Å². The van der Waals surface area contributed by atoms with Crippen molar-refractivity contribution in [3.63, 3.8) is 0 Å². The van der Waals surface area contributed by atoms with E-state index in [-0.39, 0.29) is 35.0 Å². The fraction of sp³-hybridized carbons (Fsp3) is 0.107. The molecule has 0 spiro atoms. The second kappa shape index (κ2) is 10.5.